The minimum absolute atomic E-state index is 0.143. The smallest absolute Gasteiger partial charge is 0.265 e. The van der Waals surface area contributed by atoms with Crippen LogP contribution in [0.5, 0.6) is 0 Å². The predicted molar refractivity (Wildman–Crippen MR) is 88.5 cm³/mol. The van der Waals surface area contributed by atoms with Gasteiger partial charge in [-0.1, -0.05) is 37.0 Å². The average Bonchev–Trinajstić information content (AvgIpc) is 2.90. The van der Waals surface area contributed by atoms with Crippen LogP contribution in [0.4, 0.5) is 0 Å². The Kier molecular flexibility index (Phi) is 5.27. The number of hydrogen-bond donors (Lipinski definition) is 2. The molecule has 1 aliphatic carbocycles. The second-order valence-electron chi connectivity index (χ2n) is 5.88. The number of nitrogens with one attached hydrogen (secondary N) is 1. The Labute approximate surface area is 134 Å². The Morgan fingerprint density at radius 3 is 2.76 bits per heavy atom. The van der Waals surface area contributed by atoms with Gasteiger partial charge in [0.25, 0.3) is 5.91 Å². The fourth-order valence-electron chi connectivity index (χ4n) is 2.74. The highest BCUT2D eigenvalue weighted by molar-refractivity contribution is 7.80. The van der Waals surface area contributed by atoms with E-state index in [2.05, 4.69) is 28.8 Å². The highest BCUT2D eigenvalue weighted by Gasteiger charge is 2.39. The van der Waals surface area contributed by atoms with Crippen molar-refractivity contribution in [2.75, 3.05) is 0 Å². The topological polar surface area (TPSA) is 80.9 Å². The zero-order chi connectivity index (χ0) is 15.5. The van der Waals surface area contributed by atoms with Crippen molar-refractivity contribution in [2.24, 2.45) is 11.7 Å². The number of thiocarbonyl (C=S) groups is 1. The lowest BCUT2D eigenvalue weighted by atomic mass is 9.77. The molecule has 0 saturated heterocycles. The van der Waals surface area contributed by atoms with Gasteiger partial charge in [0.2, 0.25) is 0 Å². The number of amides is 1. The van der Waals surface area contributed by atoms with Crippen LogP contribution in [-0.2, 0) is 6.42 Å². The summed E-state index contributed by atoms with van der Waals surface area (Å²) in [5, 5.41) is 7.12. The molecule has 21 heavy (non-hydrogen) atoms. The molecule has 1 aromatic rings. The van der Waals surface area contributed by atoms with Crippen molar-refractivity contribution in [1.82, 2.24) is 14.9 Å². The van der Waals surface area contributed by atoms with Crippen molar-refractivity contribution in [3.63, 3.8) is 0 Å². The Hall–Kier alpha value is -1.08. The van der Waals surface area contributed by atoms with E-state index >= 15 is 0 Å². The first-order valence-corrected chi connectivity index (χ1v) is 8.60. The number of nitrogens with zero attached hydrogens (tertiary/aromatic N) is 2. The molecule has 1 heterocycles. The van der Waals surface area contributed by atoms with E-state index < -0.39 is 5.54 Å². The fraction of sp³-hybridized carbons (Fsp3) is 0.714. The molecule has 7 heteroatoms. The second-order valence-corrected chi connectivity index (χ2v) is 7.08. The molecule has 1 aromatic heterocycles. The Morgan fingerprint density at radius 2 is 2.19 bits per heavy atom. The molecule has 0 aromatic carbocycles. The lowest BCUT2D eigenvalue weighted by Gasteiger charge is -2.39. The van der Waals surface area contributed by atoms with Gasteiger partial charge in [-0.3, -0.25) is 4.79 Å². The van der Waals surface area contributed by atoms with E-state index in [1.807, 2.05) is 0 Å². The quantitative estimate of drug-likeness (QED) is 0.812. The maximum atomic E-state index is 12.6. The molecule has 1 saturated carbocycles. The molecule has 0 unspecified atom stereocenters. The largest absolute Gasteiger partial charge is 0.391 e. The molecular formula is C14H22N4OS2. The van der Waals surface area contributed by atoms with E-state index in [1.54, 1.807) is 0 Å². The van der Waals surface area contributed by atoms with Gasteiger partial charge in [-0.05, 0) is 49.6 Å². The number of rotatable bonds is 5. The maximum Gasteiger partial charge on any atom is 0.265 e. The number of carbonyl (C=O) groups is 1. The number of nitrogens with two attached hydrogens (primary N) is 1. The highest BCUT2D eigenvalue weighted by atomic mass is 32.1. The molecule has 2 rings (SSSR count). The Morgan fingerprint density at radius 1 is 1.52 bits per heavy atom. The zero-order valence-corrected chi connectivity index (χ0v) is 14.1. The van der Waals surface area contributed by atoms with Crippen LogP contribution in [0.15, 0.2) is 0 Å². The lowest BCUT2D eigenvalue weighted by Crippen LogP contribution is -2.58. The van der Waals surface area contributed by atoms with Gasteiger partial charge in [0.05, 0.1) is 16.2 Å². The monoisotopic (exact) mass is 326 g/mol. The van der Waals surface area contributed by atoms with Crippen molar-refractivity contribution in [3.05, 3.63) is 10.6 Å². The van der Waals surface area contributed by atoms with Crippen molar-refractivity contribution in [3.8, 4) is 0 Å². The molecule has 5 nitrogen and oxygen atoms in total. The Bertz CT molecular complexity index is 521. The zero-order valence-electron chi connectivity index (χ0n) is 12.5. The van der Waals surface area contributed by atoms with Gasteiger partial charge in [-0.2, -0.15) is 0 Å². The van der Waals surface area contributed by atoms with Crippen LogP contribution in [-0.4, -0.2) is 26.0 Å². The van der Waals surface area contributed by atoms with Crippen molar-refractivity contribution in [1.29, 1.82) is 0 Å². The highest BCUT2D eigenvalue weighted by Crippen LogP contribution is 2.32. The summed E-state index contributed by atoms with van der Waals surface area (Å²) >= 11 is 6.37. The van der Waals surface area contributed by atoms with Gasteiger partial charge in [-0.25, -0.2) is 0 Å². The summed E-state index contributed by atoms with van der Waals surface area (Å²) in [4.78, 5) is 13.5. The van der Waals surface area contributed by atoms with Gasteiger partial charge in [-0.15, -0.1) is 5.10 Å². The normalized spacial score (nSPS) is 25.5. The van der Waals surface area contributed by atoms with E-state index in [0.29, 0.717) is 15.8 Å². The van der Waals surface area contributed by atoms with Gasteiger partial charge in [0.1, 0.15) is 4.88 Å². The molecule has 0 spiro atoms. The van der Waals surface area contributed by atoms with Crippen LogP contribution in [0, 0.1) is 5.92 Å². The van der Waals surface area contributed by atoms with Crippen LogP contribution in [0.2, 0.25) is 0 Å². The van der Waals surface area contributed by atoms with Crippen LogP contribution >= 0.6 is 23.8 Å². The number of aryl methyl sites for hydroxylation is 1. The summed E-state index contributed by atoms with van der Waals surface area (Å²) in [6.07, 6.45) is 5.37. The van der Waals surface area contributed by atoms with Crippen molar-refractivity contribution >= 4 is 34.6 Å². The third-order valence-corrected chi connectivity index (χ3v) is 5.36. The van der Waals surface area contributed by atoms with E-state index in [1.165, 1.54) is 0 Å². The predicted octanol–water partition coefficient (Wildman–Crippen LogP) is 2.46. The number of hydrogen-bond acceptors (Lipinski definition) is 5. The summed E-state index contributed by atoms with van der Waals surface area (Å²) in [6.45, 7) is 4.28. The van der Waals surface area contributed by atoms with Crippen LogP contribution in [0.25, 0.3) is 0 Å². The molecule has 1 aliphatic rings. The first-order chi connectivity index (χ1) is 9.98. The van der Waals surface area contributed by atoms with Crippen LogP contribution in [0.1, 0.15) is 61.3 Å². The van der Waals surface area contributed by atoms with Crippen LogP contribution in [0.3, 0.4) is 0 Å². The first kappa shape index (κ1) is 16.3. The third kappa shape index (κ3) is 3.58. The third-order valence-electron chi connectivity index (χ3n) is 4.20. The lowest BCUT2D eigenvalue weighted by molar-refractivity contribution is 0.0903. The summed E-state index contributed by atoms with van der Waals surface area (Å²) in [6, 6.07) is 0. The minimum atomic E-state index is -0.549. The van der Waals surface area contributed by atoms with Gasteiger partial charge < -0.3 is 11.1 Å². The maximum absolute atomic E-state index is 12.6. The Balaban J connectivity index is 2.15. The van der Waals surface area contributed by atoms with E-state index in [0.717, 1.165) is 55.8 Å². The molecule has 0 aliphatic heterocycles. The SMILES string of the molecule is CCCc1nnsc1C(=O)NC1(C(N)=S)CCC(C)CC1. The summed E-state index contributed by atoms with van der Waals surface area (Å²) < 4.78 is 3.90. The molecule has 3 N–H and O–H groups in total. The minimum Gasteiger partial charge on any atom is -0.391 e. The number of aromatic nitrogens is 2. The van der Waals surface area contributed by atoms with Gasteiger partial charge in [0, 0.05) is 0 Å². The molecule has 1 fully saturated rings. The van der Waals surface area contributed by atoms with Gasteiger partial charge in [0.15, 0.2) is 0 Å². The van der Waals surface area contributed by atoms with Crippen LogP contribution < -0.4 is 11.1 Å². The summed E-state index contributed by atoms with van der Waals surface area (Å²) in [7, 11) is 0. The second kappa shape index (κ2) is 6.79. The first-order valence-electron chi connectivity index (χ1n) is 7.42. The fourth-order valence-corrected chi connectivity index (χ4v) is 3.60. The molecule has 116 valence electrons. The molecule has 0 atom stereocenters. The standard InChI is InChI=1S/C14H22N4OS2/c1-3-4-10-11(21-18-17-10)12(19)16-14(13(15)20)7-5-9(2)6-8-14/h9H,3-8H2,1-2H3,(H2,15,20)(H,16,19). The summed E-state index contributed by atoms with van der Waals surface area (Å²) in [5.41, 5.74) is 6.15. The van der Waals surface area contributed by atoms with E-state index in [-0.39, 0.29) is 5.91 Å². The van der Waals surface area contributed by atoms with E-state index in [9.17, 15) is 4.79 Å². The van der Waals surface area contributed by atoms with Crippen molar-refractivity contribution in [2.45, 2.75) is 57.9 Å². The van der Waals surface area contributed by atoms with Crippen molar-refractivity contribution < 1.29 is 4.79 Å². The van der Waals surface area contributed by atoms with E-state index in [4.69, 9.17) is 18.0 Å². The van der Waals surface area contributed by atoms with Gasteiger partial charge >= 0.3 is 0 Å². The number of carbonyl (C=O) groups excluding carboxylic acids is 1. The molecule has 0 radical (unpaired) electrons. The molecule has 1 amide bonds. The molecule has 0 bridgehead atoms. The molecular weight excluding hydrogens is 304 g/mol. The summed E-state index contributed by atoms with van der Waals surface area (Å²) in [5.74, 6) is 0.515. The average molecular weight is 326 g/mol.